The SMILES string of the molecule is Cc1ccsc1[C@@H]1Nc2ccccc2NC2=C1C(=O)CC(C)(C)C2. The van der Waals surface area contributed by atoms with Gasteiger partial charge in [0.15, 0.2) is 5.78 Å². The summed E-state index contributed by atoms with van der Waals surface area (Å²) in [5.74, 6) is 0.256. The average molecular weight is 338 g/mol. The van der Waals surface area contributed by atoms with Crippen LogP contribution >= 0.6 is 11.3 Å². The summed E-state index contributed by atoms with van der Waals surface area (Å²) in [4.78, 5) is 14.3. The van der Waals surface area contributed by atoms with E-state index in [2.05, 4.69) is 55.0 Å². The van der Waals surface area contributed by atoms with Crippen molar-refractivity contribution in [2.24, 2.45) is 5.41 Å². The zero-order valence-corrected chi connectivity index (χ0v) is 15.1. The lowest BCUT2D eigenvalue weighted by molar-refractivity contribution is -0.118. The average Bonchev–Trinajstić information content (AvgIpc) is 2.85. The summed E-state index contributed by atoms with van der Waals surface area (Å²) in [7, 11) is 0. The molecule has 1 aromatic carbocycles. The van der Waals surface area contributed by atoms with Crippen molar-refractivity contribution < 1.29 is 4.79 Å². The highest BCUT2D eigenvalue weighted by molar-refractivity contribution is 7.10. The number of carbonyl (C=O) groups is 1. The summed E-state index contributed by atoms with van der Waals surface area (Å²) < 4.78 is 0. The number of para-hydroxylation sites is 2. The maximum Gasteiger partial charge on any atom is 0.163 e. The third kappa shape index (κ3) is 2.55. The first-order chi connectivity index (χ1) is 11.4. The Bertz CT molecular complexity index is 847. The molecule has 2 heterocycles. The van der Waals surface area contributed by atoms with Gasteiger partial charge in [0.25, 0.3) is 0 Å². The van der Waals surface area contributed by atoms with E-state index in [9.17, 15) is 4.79 Å². The molecule has 3 nitrogen and oxygen atoms in total. The molecule has 0 spiro atoms. The molecule has 1 atom stereocenters. The molecule has 0 bridgehead atoms. The molecule has 2 aliphatic rings. The molecule has 124 valence electrons. The molecule has 1 aromatic heterocycles. The fraction of sp³-hybridized carbons (Fsp3) is 0.350. The van der Waals surface area contributed by atoms with Crippen LogP contribution in [0.5, 0.6) is 0 Å². The van der Waals surface area contributed by atoms with Gasteiger partial charge in [0.1, 0.15) is 0 Å². The number of ketones is 1. The minimum absolute atomic E-state index is 0.00273. The van der Waals surface area contributed by atoms with Crippen molar-refractivity contribution in [2.45, 2.75) is 39.7 Å². The third-order valence-electron chi connectivity index (χ3n) is 4.89. The van der Waals surface area contributed by atoms with Crippen LogP contribution in [0.15, 0.2) is 47.0 Å². The van der Waals surface area contributed by atoms with Crippen LogP contribution in [-0.2, 0) is 4.79 Å². The van der Waals surface area contributed by atoms with Crippen LogP contribution in [0.2, 0.25) is 0 Å². The van der Waals surface area contributed by atoms with Crippen LogP contribution in [-0.4, -0.2) is 5.78 Å². The smallest absolute Gasteiger partial charge is 0.163 e. The van der Waals surface area contributed by atoms with E-state index >= 15 is 0 Å². The van der Waals surface area contributed by atoms with Gasteiger partial charge < -0.3 is 10.6 Å². The van der Waals surface area contributed by atoms with Gasteiger partial charge in [-0.3, -0.25) is 4.79 Å². The number of hydrogen-bond donors (Lipinski definition) is 2. The predicted octanol–water partition coefficient (Wildman–Crippen LogP) is 5.28. The second-order valence-corrected chi connectivity index (χ2v) is 8.50. The highest BCUT2D eigenvalue weighted by Crippen LogP contribution is 2.46. The Kier molecular flexibility index (Phi) is 3.53. The first-order valence-corrected chi connectivity index (χ1v) is 9.25. The van der Waals surface area contributed by atoms with Gasteiger partial charge in [0.05, 0.1) is 17.4 Å². The van der Waals surface area contributed by atoms with Crippen LogP contribution in [0.3, 0.4) is 0 Å². The van der Waals surface area contributed by atoms with Crippen molar-refractivity contribution >= 4 is 28.5 Å². The minimum atomic E-state index is -0.0697. The van der Waals surface area contributed by atoms with Gasteiger partial charge in [0.2, 0.25) is 0 Å². The van der Waals surface area contributed by atoms with E-state index in [0.29, 0.717) is 6.42 Å². The largest absolute Gasteiger partial charge is 0.372 e. The van der Waals surface area contributed by atoms with Crippen molar-refractivity contribution in [1.29, 1.82) is 0 Å². The van der Waals surface area contributed by atoms with Gasteiger partial charge in [-0.1, -0.05) is 26.0 Å². The quantitative estimate of drug-likeness (QED) is 0.743. The molecule has 2 aromatic rings. The Labute approximate surface area is 146 Å². The number of allylic oxidation sites excluding steroid dienone is 1. The van der Waals surface area contributed by atoms with Crippen LogP contribution in [0.25, 0.3) is 0 Å². The topological polar surface area (TPSA) is 41.1 Å². The summed E-state index contributed by atoms with van der Waals surface area (Å²) in [5.41, 5.74) is 5.32. The predicted molar refractivity (Wildman–Crippen MR) is 101 cm³/mol. The van der Waals surface area contributed by atoms with E-state index in [4.69, 9.17) is 0 Å². The summed E-state index contributed by atoms with van der Waals surface area (Å²) >= 11 is 1.72. The molecule has 4 rings (SSSR count). The zero-order chi connectivity index (χ0) is 16.9. The van der Waals surface area contributed by atoms with E-state index in [0.717, 1.165) is 29.1 Å². The van der Waals surface area contributed by atoms with Crippen molar-refractivity contribution in [3.05, 3.63) is 57.4 Å². The van der Waals surface area contributed by atoms with Crippen LogP contribution < -0.4 is 10.6 Å². The van der Waals surface area contributed by atoms with Crippen molar-refractivity contribution in [3.8, 4) is 0 Å². The van der Waals surface area contributed by atoms with Crippen LogP contribution in [0, 0.1) is 12.3 Å². The molecule has 2 N–H and O–H groups in total. The molecule has 24 heavy (non-hydrogen) atoms. The summed E-state index contributed by atoms with van der Waals surface area (Å²) in [5, 5.41) is 9.29. The number of fused-ring (bicyclic) bond motifs is 1. The fourth-order valence-electron chi connectivity index (χ4n) is 3.77. The van der Waals surface area contributed by atoms with E-state index in [1.54, 1.807) is 11.3 Å². The number of anilines is 2. The molecular weight excluding hydrogens is 316 g/mol. The first kappa shape index (κ1) is 15.5. The summed E-state index contributed by atoms with van der Waals surface area (Å²) in [6.45, 7) is 6.47. The highest BCUT2D eigenvalue weighted by Gasteiger charge is 2.39. The van der Waals surface area contributed by atoms with Crippen molar-refractivity contribution in [2.75, 3.05) is 10.6 Å². The third-order valence-corrected chi connectivity index (χ3v) is 5.97. The van der Waals surface area contributed by atoms with Gasteiger partial charge in [-0.05, 0) is 47.9 Å². The van der Waals surface area contributed by atoms with Crippen LogP contribution in [0.1, 0.15) is 43.2 Å². The normalized spacial score (nSPS) is 22.1. The lowest BCUT2D eigenvalue weighted by Gasteiger charge is -2.34. The van der Waals surface area contributed by atoms with Gasteiger partial charge in [0, 0.05) is 22.6 Å². The molecule has 0 amide bonds. The molecule has 0 saturated carbocycles. The van der Waals surface area contributed by atoms with Gasteiger partial charge in [-0.25, -0.2) is 0 Å². The summed E-state index contributed by atoms with van der Waals surface area (Å²) in [6, 6.07) is 10.3. The van der Waals surface area contributed by atoms with Crippen molar-refractivity contribution in [1.82, 2.24) is 0 Å². The lowest BCUT2D eigenvalue weighted by Crippen LogP contribution is -2.31. The molecule has 4 heteroatoms. The van der Waals surface area contributed by atoms with Crippen LogP contribution in [0.4, 0.5) is 11.4 Å². The molecule has 1 aliphatic heterocycles. The van der Waals surface area contributed by atoms with Gasteiger partial charge in [-0.2, -0.15) is 0 Å². The number of carbonyl (C=O) groups excluding carboxylic acids is 1. The number of Topliss-reactive ketones (excluding diaryl/α,β-unsaturated/α-hetero) is 1. The van der Waals surface area contributed by atoms with E-state index < -0.39 is 0 Å². The Morgan fingerprint density at radius 2 is 1.88 bits per heavy atom. The Balaban J connectivity index is 1.90. The zero-order valence-electron chi connectivity index (χ0n) is 14.3. The molecule has 0 radical (unpaired) electrons. The number of thiophene rings is 1. The highest BCUT2D eigenvalue weighted by atomic mass is 32.1. The monoisotopic (exact) mass is 338 g/mol. The molecule has 0 fully saturated rings. The molecule has 0 unspecified atom stereocenters. The second kappa shape index (κ2) is 5.49. The van der Waals surface area contributed by atoms with Gasteiger partial charge in [-0.15, -0.1) is 11.3 Å². The molecule has 1 aliphatic carbocycles. The molecule has 0 saturated heterocycles. The number of benzene rings is 1. The maximum atomic E-state index is 13.0. The Morgan fingerprint density at radius 1 is 1.12 bits per heavy atom. The maximum absolute atomic E-state index is 13.0. The number of nitrogens with one attached hydrogen (secondary N) is 2. The number of aryl methyl sites for hydroxylation is 1. The Morgan fingerprint density at radius 3 is 2.58 bits per heavy atom. The number of rotatable bonds is 1. The lowest BCUT2D eigenvalue weighted by atomic mass is 9.74. The van der Waals surface area contributed by atoms with Gasteiger partial charge >= 0.3 is 0 Å². The minimum Gasteiger partial charge on any atom is -0.372 e. The standard InChI is InChI=1S/C20H22N2OS/c1-12-8-9-24-19(12)18-17-15(10-20(2,3)11-16(17)23)21-13-6-4-5-7-14(13)22-18/h4-9,18,21-22H,10-11H2,1-3H3/t18-/m1/s1. The summed E-state index contributed by atoms with van der Waals surface area (Å²) in [6.07, 6.45) is 1.50. The van der Waals surface area contributed by atoms with E-state index in [1.165, 1.54) is 10.4 Å². The van der Waals surface area contributed by atoms with E-state index in [-0.39, 0.29) is 17.2 Å². The fourth-order valence-corrected chi connectivity index (χ4v) is 4.75. The first-order valence-electron chi connectivity index (χ1n) is 8.37. The van der Waals surface area contributed by atoms with Crippen molar-refractivity contribution in [3.63, 3.8) is 0 Å². The molecular formula is C20H22N2OS. The number of hydrogen-bond acceptors (Lipinski definition) is 4. The Hall–Kier alpha value is -2.07. The van der Waals surface area contributed by atoms with E-state index in [1.807, 2.05) is 12.1 Å². The second-order valence-electron chi connectivity index (χ2n) is 7.55.